The van der Waals surface area contributed by atoms with Gasteiger partial charge in [0.25, 0.3) is 5.69 Å². The zero-order valence-electron chi connectivity index (χ0n) is 15.9. The van der Waals surface area contributed by atoms with E-state index < -0.39 is 22.1 Å². The quantitative estimate of drug-likeness (QED) is 0.169. The van der Waals surface area contributed by atoms with Crippen molar-refractivity contribution in [1.29, 1.82) is 0 Å². The van der Waals surface area contributed by atoms with Gasteiger partial charge in [0, 0.05) is 18.2 Å². The predicted molar refractivity (Wildman–Crippen MR) is 112 cm³/mol. The molecule has 0 radical (unpaired) electrons. The molecule has 0 aliphatic rings. The number of carbonyl (C=O) groups is 1. The van der Waals surface area contributed by atoms with E-state index in [4.69, 9.17) is 25.5 Å². The topological polar surface area (TPSA) is 109 Å². The van der Waals surface area contributed by atoms with Crippen molar-refractivity contribution < 1.29 is 28.0 Å². The maximum atomic E-state index is 13.0. The van der Waals surface area contributed by atoms with Crippen LogP contribution in [0.4, 0.5) is 10.1 Å². The van der Waals surface area contributed by atoms with Crippen LogP contribution in [0.1, 0.15) is 10.4 Å². The average Bonchev–Trinajstić information content (AvgIpc) is 2.77. The van der Waals surface area contributed by atoms with Crippen molar-refractivity contribution in [3.8, 4) is 17.2 Å². The third kappa shape index (κ3) is 4.28. The molecule has 32 heavy (non-hydrogen) atoms. The Balaban J connectivity index is 1.57. The van der Waals surface area contributed by atoms with E-state index in [1.165, 1.54) is 48.5 Å². The summed E-state index contributed by atoms with van der Waals surface area (Å²) in [6.45, 7) is 0. The Morgan fingerprint density at radius 3 is 2.44 bits per heavy atom. The number of carbonyl (C=O) groups excluding carboxylic acids is 1. The molecule has 0 aliphatic heterocycles. The fourth-order valence-electron chi connectivity index (χ4n) is 2.80. The molecule has 0 saturated heterocycles. The van der Waals surface area contributed by atoms with Gasteiger partial charge in [0.05, 0.1) is 20.9 Å². The summed E-state index contributed by atoms with van der Waals surface area (Å²) in [5.41, 5.74) is -0.687. The van der Waals surface area contributed by atoms with Crippen LogP contribution in [-0.4, -0.2) is 10.9 Å². The molecule has 0 N–H and O–H groups in total. The highest BCUT2D eigenvalue weighted by Gasteiger charge is 2.18. The van der Waals surface area contributed by atoms with Crippen LogP contribution in [-0.2, 0) is 0 Å². The molecule has 4 aromatic rings. The zero-order chi connectivity index (χ0) is 22.8. The molecule has 8 nitrogen and oxygen atoms in total. The third-order valence-corrected chi connectivity index (χ3v) is 4.66. The van der Waals surface area contributed by atoms with E-state index in [-0.39, 0.29) is 44.5 Å². The molecule has 1 aromatic heterocycles. The Hall–Kier alpha value is -4.24. The summed E-state index contributed by atoms with van der Waals surface area (Å²) in [5.74, 6) is -1.08. The van der Waals surface area contributed by atoms with Gasteiger partial charge in [0.15, 0.2) is 0 Å². The van der Waals surface area contributed by atoms with Crippen molar-refractivity contribution >= 4 is 34.2 Å². The van der Waals surface area contributed by atoms with Crippen LogP contribution < -0.4 is 14.9 Å². The molecule has 0 fully saturated rings. The molecule has 0 unspecified atom stereocenters. The fourth-order valence-corrected chi connectivity index (χ4v) is 3.05. The molecule has 1 heterocycles. The van der Waals surface area contributed by atoms with Crippen molar-refractivity contribution in [3.05, 3.63) is 104 Å². The number of esters is 1. The van der Waals surface area contributed by atoms with Gasteiger partial charge < -0.3 is 13.9 Å². The van der Waals surface area contributed by atoms with Crippen LogP contribution in [0.25, 0.3) is 11.0 Å². The summed E-state index contributed by atoms with van der Waals surface area (Å²) >= 11 is 5.94. The Morgan fingerprint density at radius 2 is 1.75 bits per heavy atom. The number of nitro groups is 1. The average molecular weight is 456 g/mol. The first-order chi connectivity index (χ1) is 15.3. The first-order valence-corrected chi connectivity index (χ1v) is 9.35. The van der Waals surface area contributed by atoms with E-state index in [0.29, 0.717) is 0 Å². The highest BCUT2D eigenvalue weighted by molar-refractivity contribution is 6.33. The number of hydrogen-bond acceptors (Lipinski definition) is 7. The van der Waals surface area contributed by atoms with Crippen LogP contribution in [0.15, 0.2) is 76.1 Å². The Labute approximate surface area is 183 Å². The molecule has 4 rings (SSSR count). The van der Waals surface area contributed by atoms with Crippen molar-refractivity contribution in [2.24, 2.45) is 0 Å². The number of fused-ring (bicyclic) bond motifs is 1. The molecule has 0 aliphatic carbocycles. The van der Waals surface area contributed by atoms with Gasteiger partial charge in [0.1, 0.15) is 29.2 Å². The molecule has 0 atom stereocenters. The second-order valence-electron chi connectivity index (χ2n) is 6.45. The third-order valence-electron chi connectivity index (χ3n) is 4.35. The maximum absolute atomic E-state index is 13.0. The predicted octanol–water partition coefficient (Wildman–Crippen LogP) is 5.51. The summed E-state index contributed by atoms with van der Waals surface area (Å²) in [6, 6.07) is 12.6. The van der Waals surface area contributed by atoms with Gasteiger partial charge in [-0.15, -0.1) is 0 Å². The van der Waals surface area contributed by atoms with Gasteiger partial charge in [-0.3, -0.25) is 14.9 Å². The van der Waals surface area contributed by atoms with Gasteiger partial charge in [-0.25, -0.2) is 9.18 Å². The number of nitro benzene ring substituents is 1. The van der Waals surface area contributed by atoms with E-state index in [1.54, 1.807) is 0 Å². The van der Waals surface area contributed by atoms with Gasteiger partial charge in [0.2, 0.25) is 11.2 Å². The van der Waals surface area contributed by atoms with Crippen molar-refractivity contribution in [1.82, 2.24) is 0 Å². The molecule has 10 heteroatoms. The maximum Gasteiger partial charge on any atom is 0.345 e. The van der Waals surface area contributed by atoms with Crippen LogP contribution in [0, 0.1) is 15.9 Å². The van der Waals surface area contributed by atoms with Crippen LogP contribution >= 0.6 is 11.6 Å². The molecule has 0 bridgehead atoms. The number of benzene rings is 3. The number of halogens is 2. The van der Waals surface area contributed by atoms with E-state index in [0.717, 1.165) is 18.4 Å². The first-order valence-electron chi connectivity index (χ1n) is 8.97. The minimum atomic E-state index is -0.845. The highest BCUT2D eigenvalue weighted by atomic mass is 35.5. The second-order valence-corrected chi connectivity index (χ2v) is 6.86. The van der Waals surface area contributed by atoms with E-state index >= 15 is 0 Å². The number of ether oxygens (including phenoxy) is 2. The second kappa shape index (κ2) is 8.48. The standard InChI is InChI=1S/C22H11ClFNO7/c23-18-9-13(25(28)29)3-7-16(18)22(27)32-15-6-8-17-19(10-15)30-11-20(21(17)26)31-14-4-1-12(24)2-5-14/h1-11H. The van der Waals surface area contributed by atoms with Crippen molar-refractivity contribution in [3.63, 3.8) is 0 Å². The largest absolute Gasteiger partial charge is 0.460 e. The Bertz CT molecular complexity index is 1420. The van der Waals surface area contributed by atoms with Crippen LogP contribution in [0.2, 0.25) is 5.02 Å². The van der Waals surface area contributed by atoms with Crippen molar-refractivity contribution in [2.75, 3.05) is 0 Å². The number of rotatable bonds is 5. The van der Waals surface area contributed by atoms with Crippen molar-refractivity contribution in [2.45, 2.75) is 0 Å². The summed E-state index contributed by atoms with van der Waals surface area (Å²) in [4.78, 5) is 35.2. The lowest BCUT2D eigenvalue weighted by atomic mass is 10.2. The van der Waals surface area contributed by atoms with Gasteiger partial charge in [-0.1, -0.05) is 11.6 Å². The lowest BCUT2D eigenvalue weighted by molar-refractivity contribution is -0.384. The van der Waals surface area contributed by atoms with E-state index in [2.05, 4.69) is 0 Å². The Kier molecular flexibility index (Phi) is 5.57. The number of nitrogens with zero attached hydrogens (tertiary/aromatic N) is 1. The monoisotopic (exact) mass is 455 g/mol. The molecule has 0 amide bonds. The lowest BCUT2D eigenvalue weighted by Crippen LogP contribution is -2.10. The van der Waals surface area contributed by atoms with E-state index in [1.807, 2.05) is 0 Å². The normalized spacial score (nSPS) is 10.7. The summed E-state index contributed by atoms with van der Waals surface area (Å²) in [6.07, 6.45) is 1.09. The van der Waals surface area contributed by atoms with Gasteiger partial charge in [-0.05, 0) is 42.5 Å². The molecular weight excluding hydrogens is 445 g/mol. The van der Waals surface area contributed by atoms with Crippen LogP contribution in [0.5, 0.6) is 17.2 Å². The van der Waals surface area contributed by atoms with Gasteiger partial charge in [-0.2, -0.15) is 0 Å². The first kappa shape index (κ1) is 21.0. The van der Waals surface area contributed by atoms with E-state index in [9.17, 15) is 24.1 Å². The molecule has 0 saturated carbocycles. The lowest BCUT2D eigenvalue weighted by Gasteiger charge is -2.08. The van der Waals surface area contributed by atoms with Gasteiger partial charge >= 0.3 is 5.97 Å². The summed E-state index contributed by atoms with van der Waals surface area (Å²) in [5, 5.41) is 10.8. The molecule has 160 valence electrons. The number of non-ortho nitro benzene ring substituents is 1. The summed E-state index contributed by atoms with van der Waals surface area (Å²) in [7, 11) is 0. The highest BCUT2D eigenvalue weighted by Crippen LogP contribution is 2.27. The molecule has 3 aromatic carbocycles. The minimum absolute atomic E-state index is 0.0623. The molecule has 0 spiro atoms. The van der Waals surface area contributed by atoms with Crippen LogP contribution in [0.3, 0.4) is 0 Å². The fraction of sp³-hybridized carbons (Fsp3) is 0. The summed E-state index contributed by atoms with van der Waals surface area (Å²) < 4.78 is 29.1. The molecular formula is C22H11ClFNO7. The minimum Gasteiger partial charge on any atom is -0.460 e. The number of hydrogen-bond donors (Lipinski definition) is 0. The SMILES string of the molecule is O=C(Oc1ccc2c(=O)c(Oc3ccc(F)cc3)coc2c1)c1ccc([N+](=O)[O-])cc1Cl. The Morgan fingerprint density at radius 1 is 1.03 bits per heavy atom. The smallest absolute Gasteiger partial charge is 0.345 e. The zero-order valence-corrected chi connectivity index (χ0v) is 16.7.